The summed E-state index contributed by atoms with van der Waals surface area (Å²) in [6.45, 7) is 4.11. The molecule has 1 aromatic heterocycles. The van der Waals surface area contributed by atoms with Crippen LogP contribution in [0.3, 0.4) is 0 Å². The summed E-state index contributed by atoms with van der Waals surface area (Å²) in [5, 5.41) is 0. The molecule has 2 aromatic carbocycles. The number of nitrogens with one attached hydrogen (secondary N) is 1. The molecule has 0 aliphatic carbocycles. The number of benzene rings is 2. The lowest BCUT2D eigenvalue weighted by molar-refractivity contribution is 0.591. The second-order valence-corrected chi connectivity index (χ2v) is 6.85. The molecule has 2 heterocycles. The summed E-state index contributed by atoms with van der Waals surface area (Å²) in [4.78, 5) is 21.8. The minimum Gasteiger partial charge on any atom is -0.309 e. The molecule has 0 spiro atoms. The first-order valence-corrected chi connectivity index (χ1v) is 8.77. The van der Waals surface area contributed by atoms with Gasteiger partial charge in [-0.25, -0.2) is 9.37 Å². The molecule has 1 aliphatic heterocycles. The van der Waals surface area contributed by atoms with E-state index in [9.17, 15) is 9.18 Å². The number of aromatic amines is 1. The van der Waals surface area contributed by atoms with Crippen molar-refractivity contribution in [2.24, 2.45) is 0 Å². The second-order valence-electron chi connectivity index (χ2n) is 6.85. The first kappa shape index (κ1) is 16.5. The van der Waals surface area contributed by atoms with E-state index in [0.717, 1.165) is 35.2 Å². The topological polar surface area (TPSA) is 49.0 Å². The molecule has 4 rings (SSSR count). The largest absolute Gasteiger partial charge is 0.309 e. The Bertz CT molecular complexity index is 1010. The van der Waals surface area contributed by atoms with Crippen molar-refractivity contribution in [1.29, 1.82) is 0 Å². The third kappa shape index (κ3) is 3.01. The minimum atomic E-state index is -0.242. The number of halogens is 1. The van der Waals surface area contributed by atoms with Crippen LogP contribution in [0.25, 0.3) is 11.3 Å². The highest BCUT2D eigenvalue weighted by Gasteiger charge is 2.26. The zero-order chi connectivity index (χ0) is 18.3. The van der Waals surface area contributed by atoms with Crippen LogP contribution < -0.4 is 10.5 Å². The van der Waals surface area contributed by atoms with E-state index < -0.39 is 0 Å². The van der Waals surface area contributed by atoms with Gasteiger partial charge in [0.15, 0.2) is 0 Å². The second kappa shape index (κ2) is 6.41. The normalized spacial score (nSPS) is 16.4. The summed E-state index contributed by atoms with van der Waals surface area (Å²) in [5.74, 6) is 0.251. The molecule has 5 heteroatoms. The monoisotopic (exact) mass is 349 g/mol. The summed E-state index contributed by atoms with van der Waals surface area (Å²) in [6.07, 6.45) is 1.68. The number of anilines is 2. The smallest absolute Gasteiger partial charge is 0.252 e. The fourth-order valence-electron chi connectivity index (χ4n) is 3.47. The zero-order valence-corrected chi connectivity index (χ0v) is 14.8. The number of fused-ring (bicyclic) bond motifs is 1. The van der Waals surface area contributed by atoms with E-state index in [0.29, 0.717) is 11.6 Å². The third-order valence-electron chi connectivity index (χ3n) is 4.88. The Morgan fingerprint density at radius 3 is 2.69 bits per heavy atom. The number of rotatable bonds is 2. The van der Waals surface area contributed by atoms with E-state index in [1.165, 1.54) is 12.1 Å². The predicted octanol–water partition coefficient (Wildman–Crippen LogP) is 4.36. The van der Waals surface area contributed by atoms with Gasteiger partial charge in [0.05, 0.1) is 5.69 Å². The van der Waals surface area contributed by atoms with Crippen molar-refractivity contribution in [2.45, 2.75) is 32.7 Å². The lowest BCUT2D eigenvalue weighted by atomic mass is 9.97. The maximum absolute atomic E-state index is 13.6. The zero-order valence-electron chi connectivity index (χ0n) is 14.8. The van der Waals surface area contributed by atoms with Crippen molar-refractivity contribution >= 4 is 11.6 Å². The van der Waals surface area contributed by atoms with Gasteiger partial charge in [-0.1, -0.05) is 29.8 Å². The van der Waals surface area contributed by atoms with Gasteiger partial charge in [0.2, 0.25) is 5.95 Å². The van der Waals surface area contributed by atoms with Crippen molar-refractivity contribution in [3.63, 3.8) is 0 Å². The fraction of sp³-hybridized carbons (Fsp3) is 0.238. The molecule has 0 fully saturated rings. The summed E-state index contributed by atoms with van der Waals surface area (Å²) in [7, 11) is 0. The maximum atomic E-state index is 13.6. The first-order chi connectivity index (χ1) is 12.5. The Hall–Kier alpha value is -2.95. The Morgan fingerprint density at radius 1 is 1.15 bits per heavy atom. The first-order valence-electron chi connectivity index (χ1n) is 8.77. The average molecular weight is 349 g/mol. The molecule has 1 aliphatic rings. The van der Waals surface area contributed by atoms with Gasteiger partial charge in [-0.2, -0.15) is 0 Å². The summed E-state index contributed by atoms with van der Waals surface area (Å²) in [6, 6.07) is 14.4. The number of hydrogen-bond donors (Lipinski definition) is 1. The van der Waals surface area contributed by atoms with E-state index in [4.69, 9.17) is 4.98 Å². The van der Waals surface area contributed by atoms with Crippen LogP contribution in [-0.2, 0) is 6.42 Å². The Balaban J connectivity index is 1.83. The number of aromatic nitrogens is 2. The van der Waals surface area contributed by atoms with Crippen LogP contribution >= 0.6 is 0 Å². The van der Waals surface area contributed by atoms with E-state index in [2.05, 4.69) is 11.9 Å². The molecule has 0 bridgehead atoms. The van der Waals surface area contributed by atoms with Crippen molar-refractivity contribution in [1.82, 2.24) is 9.97 Å². The van der Waals surface area contributed by atoms with Crippen LogP contribution in [0.5, 0.6) is 0 Å². The molecule has 4 nitrogen and oxygen atoms in total. The predicted molar refractivity (Wildman–Crippen MR) is 101 cm³/mol. The van der Waals surface area contributed by atoms with Gasteiger partial charge in [-0.05, 0) is 50.5 Å². The quantitative estimate of drug-likeness (QED) is 0.748. The van der Waals surface area contributed by atoms with Crippen molar-refractivity contribution in [3.8, 4) is 11.3 Å². The van der Waals surface area contributed by atoms with E-state index in [-0.39, 0.29) is 17.4 Å². The molecule has 0 saturated heterocycles. The Morgan fingerprint density at radius 2 is 1.92 bits per heavy atom. The molecule has 26 heavy (non-hydrogen) atoms. The lowest BCUT2D eigenvalue weighted by Gasteiger charge is -2.35. The molecular formula is C21H20FN3O. The molecular weight excluding hydrogens is 329 g/mol. The Labute approximate surface area is 151 Å². The van der Waals surface area contributed by atoms with Gasteiger partial charge < -0.3 is 4.90 Å². The molecule has 0 amide bonds. The van der Waals surface area contributed by atoms with Gasteiger partial charge in [0.25, 0.3) is 5.56 Å². The molecule has 1 unspecified atom stereocenters. The molecule has 1 N–H and O–H groups in total. The highest BCUT2D eigenvalue weighted by Crippen LogP contribution is 2.35. The van der Waals surface area contributed by atoms with Crippen LogP contribution in [-0.4, -0.2) is 16.0 Å². The van der Waals surface area contributed by atoms with E-state index in [1.54, 1.807) is 12.1 Å². The van der Waals surface area contributed by atoms with Gasteiger partial charge in [0, 0.05) is 23.4 Å². The summed E-state index contributed by atoms with van der Waals surface area (Å²) < 4.78 is 13.6. The minimum absolute atomic E-state index is 0.157. The highest BCUT2D eigenvalue weighted by atomic mass is 19.1. The number of hydrogen-bond acceptors (Lipinski definition) is 3. The molecule has 0 radical (unpaired) electrons. The van der Waals surface area contributed by atoms with Gasteiger partial charge in [-0.3, -0.25) is 9.78 Å². The van der Waals surface area contributed by atoms with Gasteiger partial charge in [0.1, 0.15) is 5.82 Å². The lowest BCUT2D eigenvalue weighted by Crippen LogP contribution is -2.35. The van der Waals surface area contributed by atoms with Gasteiger partial charge >= 0.3 is 0 Å². The van der Waals surface area contributed by atoms with Crippen LogP contribution in [0.1, 0.15) is 24.5 Å². The van der Waals surface area contributed by atoms with Crippen LogP contribution in [0, 0.1) is 12.7 Å². The number of nitrogens with zero attached hydrogens (tertiary/aromatic N) is 2. The maximum Gasteiger partial charge on any atom is 0.252 e. The van der Waals surface area contributed by atoms with Crippen LogP contribution in [0.15, 0.2) is 53.3 Å². The molecule has 132 valence electrons. The fourth-order valence-corrected chi connectivity index (χ4v) is 3.47. The summed E-state index contributed by atoms with van der Waals surface area (Å²) >= 11 is 0. The van der Waals surface area contributed by atoms with Crippen LogP contribution in [0.2, 0.25) is 0 Å². The van der Waals surface area contributed by atoms with Crippen molar-refractivity contribution in [2.75, 3.05) is 4.90 Å². The van der Waals surface area contributed by atoms with Crippen LogP contribution in [0.4, 0.5) is 16.0 Å². The van der Waals surface area contributed by atoms with E-state index >= 15 is 0 Å². The van der Waals surface area contributed by atoms with Gasteiger partial charge in [-0.15, -0.1) is 0 Å². The number of aryl methyl sites for hydroxylation is 2. The molecule has 0 saturated carbocycles. The molecule has 3 aromatic rings. The standard InChI is InChI=1S/C21H20FN3O/c1-13-3-6-15(7-4-13)18-12-20(26)24-21(23-18)25-14(2)5-8-16-11-17(22)9-10-19(16)25/h3-4,6-7,9-12,14H,5,8H2,1-2H3,(H,23,24,26). The summed E-state index contributed by atoms with van der Waals surface area (Å²) in [5.41, 5.74) is 4.31. The average Bonchev–Trinajstić information content (AvgIpc) is 2.62. The van der Waals surface area contributed by atoms with Crippen molar-refractivity contribution in [3.05, 3.63) is 75.8 Å². The number of H-pyrrole nitrogens is 1. The highest BCUT2D eigenvalue weighted by molar-refractivity contribution is 5.67. The van der Waals surface area contributed by atoms with Crippen molar-refractivity contribution < 1.29 is 4.39 Å². The SMILES string of the molecule is Cc1ccc(-c2cc(=O)[nH]c(N3c4ccc(F)cc4CCC3C)n2)cc1. The molecule has 1 atom stereocenters. The Kier molecular flexibility index (Phi) is 4.07. The van der Waals surface area contributed by atoms with E-state index in [1.807, 2.05) is 36.1 Å². The third-order valence-corrected chi connectivity index (χ3v) is 4.88.